The first-order valence-electron chi connectivity index (χ1n) is 10.7. The SMILES string of the molecule is Cc1cn(C(NCC2CCCCC2)(c2ccccc2)C(C)O)c2ccccc12. The van der Waals surface area contributed by atoms with E-state index in [9.17, 15) is 5.11 Å². The molecule has 1 fully saturated rings. The van der Waals surface area contributed by atoms with Gasteiger partial charge in [0.15, 0.2) is 0 Å². The zero-order chi connectivity index (χ0) is 19.6. The first-order valence-corrected chi connectivity index (χ1v) is 10.7. The smallest absolute Gasteiger partial charge is 0.147 e. The Bertz CT molecular complexity index is 909. The van der Waals surface area contributed by atoms with Crippen LogP contribution in [0.15, 0.2) is 60.8 Å². The van der Waals surface area contributed by atoms with Crippen LogP contribution < -0.4 is 5.32 Å². The minimum atomic E-state index is -0.688. The second-order valence-corrected chi connectivity index (χ2v) is 8.39. The number of hydrogen-bond donors (Lipinski definition) is 2. The lowest BCUT2D eigenvalue weighted by atomic mass is 9.87. The number of fused-ring (bicyclic) bond motifs is 1. The van der Waals surface area contributed by atoms with Crippen molar-refractivity contribution in [2.45, 2.75) is 57.7 Å². The van der Waals surface area contributed by atoms with Crippen LogP contribution in [0, 0.1) is 12.8 Å². The maximum absolute atomic E-state index is 11.2. The maximum atomic E-state index is 11.2. The molecular formula is C25H32N2O. The van der Waals surface area contributed by atoms with Crippen molar-refractivity contribution >= 4 is 10.9 Å². The quantitative estimate of drug-likeness (QED) is 0.620. The van der Waals surface area contributed by atoms with Crippen molar-refractivity contribution in [2.75, 3.05) is 6.54 Å². The molecule has 0 aliphatic heterocycles. The maximum Gasteiger partial charge on any atom is 0.147 e. The number of benzene rings is 2. The van der Waals surface area contributed by atoms with E-state index >= 15 is 0 Å². The van der Waals surface area contributed by atoms with E-state index in [1.807, 2.05) is 13.0 Å². The molecule has 148 valence electrons. The lowest BCUT2D eigenvalue weighted by Gasteiger charge is -2.41. The van der Waals surface area contributed by atoms with Gasteiger partial charge in [-0.05, 0) is 49.8 Å². The third kappa shape index (κ3) is 3.38. The van der Waals surface area contributed by atoms with Crippen molar-refractivity contribution in [2.24, 2.45) is 5.92 Å². The van der Waals surface area contributed by atoms with Gasteiger partial charge in [-0.1, -0.05) is 67.8 Å². The summed E-state index contributed by atoms with van der Waals surface area (Å²) in [7, 11) is 0. The van der Waals surface area contributed by atoms with Crippen molar-refractivity contribution in [1.29, 1.82) is 0 Å². The molecule has 0 radical (unpaired) electrons. The summed E-state index contributed by atoms with van der Waals surface area (Å²) in [6.45, 7) is 4.98. The van der Waals surface area contributed by atoms with Crippen LogP contribution >= 0.6 is 0 Å². The molecule has 1 aliphatic rings. The van der Waals surface area contributed by atoms with Gasteiger partial charge in [0.2, 0.25) is 0 Å². The van der Waals surface area contributed by atoms with Crippen molar-refractivity contribution in [1.82, 2.24) is 9.88 Å². The standard InChI is InChI=1S/C25H32N2O/c1-19-18-27(24-16-10-9-15-23(19)24)25(20(2)28,22-13-7-4-8-14-22)26-17-21-11-5-3-6-12-21/h4,7-10,13-16,18,20-21,26,28H,3,5-6,11-12,17H2,1-2H3. The van der Waals surface area contributed by atoms with Crippen molar-refractivity contribution < 1.29 is 5.11 Å². The van der Waals surface area contributed by atoms with Crippen LogP contribution in [-0.2, 0) is 5.66 Å². The van der Waals surface area contributed by atoms with E-state index < -0.39 is 11.8 Å². The summed E-state index contributed by atoms with van der Waals surface area (Å²) in [5, 5.41) is 16.3. The number of nitrogens with one attached hydrogen (secondary N) is 1. The average molecular weight is 377 g/mol. The second-order valence-electron chi connectivity index (χ2n) is 8.39. The molecule has 2 atom stereocenters. The van der Waals surface area contributed by atoms with Gasteiger partial charge >= 0.3 is 0 Å². The van der Waals surface area contributed by atoms with Gasteiger partial charge in [0, 0.05) is 18.1 Å². The second kappa shape index (κ2) is 8.10. The van der Waals surface area contributed by atoms with Crippen molar-refractivity contribution in [3.8, 4) is 0 Å². The fourth-order valence-corrected chi connectivity index (χ4v) is 4.94. The molecule has 28 heavy (non-hydrogen) atoms. The number of aliphatic hydroxyl groups excluding tert-OH is 1. The molecule has 2 aromatic carbocycles. The van der Waals surface area contributed by atoms with Crippen molar-refractivity contribution in [3.05, 3.63) is 71.9 Å². The van der Waals surface area contributed by atoms with Crippen LogP contribution in [-0.4, -0.2) is 22.3 Å². The van der Waals surface area contributed by atoms with E-state index in [0.717, 1.165) is 17.6 Å². The Labute approximate surface area is 168 Å². The third-order valence-electron chi connectivity index (χ3n) is 6.49. The highest BCUT2D eigenvalue weighted by atomic mass is 16.3. The number of aliphatic hydroxyl groups is 1. The number of para-hydroxylation sites is 1. The zero-order valence-electron chi connectivity index (χ0n) is 17.1. The molecule has 1 aliphatic carbocycles. The number of aromatic nitrogens is 1. The first-order chi connectivity index (χ1) is 13.6. The average Bonchev–Trinajstić information content (AvgIpc) is 3.07. The molecule has 4 rings (SSSR count). The van der Waals surface area contributed by atoms with Crippen LogP contribution in [0.4, 0.5) is 0 Å². The van der Waals surface area contributed by atoms with Crippen LogP contribution in [0.25, 0.3) is 10.9 Å². The van der Waals surface area contributed by atoms with E-state index in [1.165, 1.54) is 43.1 Å². The molecule has 3 aromatic rings. The number of nitrogens with zero attached hydrogens (tertiary/aromatic N) is 1. The molecule has 2 N–H and O–H groups in total. The summed E-state index contributed by atoms with van der Waals surface area (Å²) >= 11 is 0. The lowest BCUT2D eigenvalue weighted by Crippen LogP contribution is -2.57. The highest BCUT2D eigenvalue weighted by molar-refractivity contribution is 5.84. The van der Waals surface area contributed by atoms with E-state index in [0.29, 0.717) is 5.92 Å². The summed E-state index contributed by atoms with van der Waals surface area (Å²) in [5.74, 6) is 0.679. The Hall–Kier alpha value is -2.10. The van der Waals surface area contributed by atoms with Crippen LogP contribution in [0.3, 0.4) is 0 Å². The predicted molar refractivity (Wildman–Crippen MR) is 116 cm³/mol. The van der Waals surface area contributed by atoms with Crippen LogP contribution in [0.5, 0.6) is 0 Å². The van der Waals surface area contributed by atoms with Gasteiger partial charge in [-0.15, -0.1) is 0 Å². The van der Waals surface area contributed by atoms with Gasteiger partial charge in [0.05, 0.1) is 11.6 Å². The molecule has 0 amide bonds. The number of aryl methyl sites for hydroxylation is 1. The topological polar surface area (TPSA) is 37.2 Å². The van der Waals surface area contributed by atoms with Crippen LogP contribution in [0.1, 0.15) is 50.2 Å². The monoisotopic (exact) mass is 376 g/mol. The van der Waals surface area contributed by atoms with Gasteiger partial charge in [0.1, 0.15) is 5.66 Å². The highest BCUT2D eigenvalue weighted by Crippen LogP contribution is 2.34. The van der Waals surface area contributed by atoms with Gasteiger partial charge in [-0.3, -0.25) is 5.32 Å². The van der Waals surface area contributed by atoms with Gasteiger partial charge in [0.25, 0.3) is 0 Å². The molecule has 1 aromatic heterocycles. The molecule has 0 bridgehead atoms. The molecule has 1 heterocycles. The summed E-state index contributed by atoms with van der Waals surface area (Å²) in [6, 6.07) is 18.9. The Kier molecular flexibility index (Phi) is 5.56. The summed E-state index contributed by atoms with van der Waals surface area (Å²) in [4.78, 5) is 0. The molecule has 1 saturated carbocycles. The van der Waals surface area contributed by atoms with E-state index in [1.54, 1.807) is 0 Å². The van der Waals surface area contributed by atoms with E-state index in [4.69, 9.17) is 0 Å². The van der Waals surface area contributed by atoms with Gasteiger partial charge in [-0.2, -0.15) is 0 Å². The first kappa shape index (κ1) is 19.2. The minimum absolute atomic E-state index is 0.589. The molecule has 2 unspecified atom stereocenters. The fraction of sp³-hybridized carbons (Fsp3) is 0.440. The normalized spacial score (nSPS) is 18.8. The largest absolute Gasteiger partial charge is 0.389 e. The van der Waals surface area contributed by atoms with Gasteiger partial charge in [-0.25, -0.2) is 0 Å². The fourth-order valence-electron chi connectivity index (χ4n) is 4.94. The molecule has 0 saturated heterocycles. The van der Waals surface area contributed by atoms with Crippen molar-refractivity contribution in [3.63, 3.8) is 0 Å². The molecule has 0 spiro atoms. The molecular weight excluding hydrogens is 344 g/mol. The van der Waals surface area contributed by atoms with Crippen LogP contribution in [0.2, 0.25) is 0 Å². The minimum Gasteiger partial charge on any atom is -0.389 e. The zero-order valence-corrected chi connectivity index (χ0v) is 17.1. The Morgan fingerprint density at radius 2 is 1.71 bits per heavy atom. The Balaban J connectivity index is 1.84. The summed E-state index contributed by atoms with van der Waals surface area (Å²) < 4.78 is 2.26. The summed E-state index contributed by atoms with van der Waals surface area (Å²) in [5.41, 5.74) is 2.80. The number of hydrogen-bond acceptors (Lipinski definition) is 2. The van der Waals surface area contributed by atoms with Gasteiger partial charge < -0.3 is 9.67 Å². The summed E-state index contributed by atoms with van der Waals surface area (Å²) in [6.07, 6.45) is 8.17. The Morgan fingerprint density at radius 1 is 1.04 bits per heavy atom. The Morgan fingerprint density at radius 3 is 2.43 bits per heavy atom. The van der Waals surface area contributed by atoms with E-state index in [2.05, 4.69) is 71.5 Å². The predicted octanol–water partition coefficient (Wildman–Crippen LogP) is 5.20. The van der Waals surface area contributed by atoms with E-state index in [-0.39, 0.29) is 0 Å². The highest BCUT2D eigenvalue weighted by Gasteiger charge is 2.40. The third-order valence-corrected chi connectivity index (χ3v) is 6.49. The molecule has 3 heteroatoms. The lowest BCUT2D eigenvalue weighted by molar-refractivity contribution is 0.0487. The number of rotatable bonds is 6. The molecule has 3 nitrogen and oxygen atoms in total.